The smallest absolute Gasteiger partial charge is 0.227 e. The first kappa shape index (κ1) is 12.2. The van der Waals surface area contributed by atoms with Crippen LogP contribution in [0.15, 0.2) is 41.1 Å². The Morgan fingerprint density at radius 3 is 2.68 bits per heavy atom. The predicted molar refractivity (Wildman–Crippen MR) is 118 cm³/mol. The van der Waals surface area contributed by atoms with Gasteiger partial charge in [0.2, 0.25) is 5.71 Å². The van der Waals surface area contributed by atoms with Crippen molar-refractivity contribution in [2.45, 2.75) is 60.4 Å². The standard InChI is InChI=1S/C24H31N3O/c1-15(2)20-11-10-19-18-9-8-16(3)21(22(18)28-23(19)25-20)27-13-12-26(17(27)4)14-24(5,6)7/h8-13,15,17H,14H2,1-7H3/t17-/m0/s1/i5D3,6D3,15D. The average molecular weight is 385 g/mol. The molecular formula is C24H31N3O. The zero-order valence-electron chi connectivity index (χ0n) is 24.0. The van der Waals surface area contributed by atoms with Crippen LogP contribution in [0, 0.1) is 12.3 Å². The van der Waals surface area contributed by atoms with E-state index in [-0.39, 0.29) is 12.7 Å². The lowest BCUT2D eigenvalue weighted by Crippen LogP contribution is -2.40. The molecule has 28 heavy (non-hydrogen) atoms. The molecule has 4 nitrogen and oxygen atoms in total. The van der Waals surface area contributed by atoms with Crippen LogP contribution in [0.2, 0.25) is 0 Å². The van der Waals surface area contributed by atoms with Crippen LogP contribution < -0.4 is 4.90 Å². The van der Waals surface area contributed by atoms with Gasteiger partial charge >= 0.3 is 0 Å². The minimum atomic E-state index is -2.66. The fourth-order valence-corrected chi connectivity index (χ4v) is 3.78. The van der Waals surface area contributed by atoms with E-state index in [1.165, 1.54) is 6.92 Å². The van der Waals surface area contributed by atoms with Gasteiger partial charge in [-0.3, -0.25) is 0 Å². The maximum atomic E-state index is 8.30. The van der Waals surface area contributed by atoms with Crippen LogP contribution in [0.5, 0.6) is 0 Å². The van der Waals surface area contributed by atoms with Crippen molar-refractivity contribution in [3.8, 4) is 0 Å². The van der Waals surface area contributed by atoms with E-state index in [2.05, 4.69) is 4.98 Å². The number of furan rings is 1. The molecule has 148 valence electrons. The third-order valence-electron chi connectivity index (χ3n) is 5.25. The number of aromatic nitrogens is 1. The van der Waals surface area contributed by atoms with Crippen LogP contribution >= 0.6 is 0 Å². The van der Waals surface area contributed by atoms with Crippen molar-refractivity contribution in [3.63, 3.8) is 0 Å². The van der Waals surface area contributed by atoms with E-state index >= 15 is 0 Å². The quantitative estimate of drug-likeness (QED) is 0.523. The van der Waals surface area contributed by atoms with Crippen LogP contribution in [0.1, 0.15) is 68.1 Å². The number of anilines is 1. The molecule has 1 aliphatic rings. The van der Waals surface area contributed by atoms with E-state index in [0.29, 0.717) is 17.0 Å². The normalized spacial score (nSPS) is 22.6. The second-order valence-electron chi connectivity index (χ2n) is 8.10. The van der Waals surface area contributed by atoms with Gasteiger partial charge < -0.3 is 14.2 Å². The number of rotatable bonds is 3. The van der Waals surface area contributed by atoms with Crippen molar-refractivity contribution in [3.05, 3.63) is 47.9 Å². The van der Waals surface area contributed by atoms with Crippen LogP contribution in [0.3, 0.4) is 0 Å². The molecule has 0 spiro atoms. The molecule has 4 heteroatoms. The molecule has 3 aromatic rings. The first-order chi connectivity index (χ1) is 16.0. The van der Waals surface area contributed by atoms with Crippen LogP contribution in [-0.2, 0) is 0 Å². The van der Waals surface area contributed by atoms with Crippen molar-refractivity contribution < 1.29 is 14.0 Å². The Morgan fingerprint density at radius 2 is 1.96 bits per heavy atom. The van der Waals surface area contributed by atoms with Gasteiger partial charge in [0, 0.05) is 45.0 Å². The Hall–Kier alpha value is -2.49. The molecule has 1 aliphatic heterocycles. The molecule has 0 aliphatic carbocycles. The van der Waals surface area contributed by atoms with E-state index in [0.717, 1.165) is 22.0 Å². The summed E-state index contributed by atoms with van der Waals surface area (Å²) in [6, 6.07) is 7.74. The highest BCUT2D eigenvalue weighted by molar-refractivity contribution is 6.08. The molecule has 0 saturated carbocycles. The first-order valence-corrected chi connectivity index (χ1v) is 9.51. The largest absolute Gasteiger partial charge is 0.435 e. The van der Waals surface area contributed by atoms with E-state index in [1.54, 1.807) is 24.9 Å². The topological polar surface area (TPSA) is 32.5 Å². The molecule has 0 radical (unpaired) electrons. The first-order valence-electron chi connectivity index (χ1n) is 13.0. The molecule has 3 heterocycles. The van der Waals surface area contributed by atoms with E-state index < -0.39 is 25.0 Å². The molecule has 0 fully saturated rings. The van der Waals surface area contributed by atoms with Crippen molar-refractivity contribution in [1.29, 1.82) is 0 Å². The second-order valence-corrected chi connectivity index (χ2v) is 8.10. The Balaban J connectivity index is 1.76. The molecule has 0 unspecified atom stereocenters. The van der Waals surface area contributed by atoms with Crippen molar-refractivity contribution >= 4 is 27.8 Å². The minimum absolute atomic E-state index is 0.160. The fraction of sp³-hybridized carbons (Fsp3) is 0.458. The highest BCUT2D eigenvalue weighted by Crippen LogP contribution is 2.40. The fourth-order valence-electron chi connectivity index (χ4n) is 3.78. The maximum absolute atomic E-state index is 8.30. The Labute approximate surface area is 177 Å². The van der Waals surface area contributed by atoms with Gasteiger partial charge in [0.15, 0.2) is 5.58 Å². The number of nitrogens with zero attached hydrogens (tertiary/aromatic N) is 3. The summed E-state index contributed by atoms with van der Waals surface area (Å²) in [7, 11) is 0. The van der Waals surface area contributed by atoms with Crippen LogP contribution in [0.4, 0.5) is 5.69 Å². The molecular weight excluding hydrogens is 346 g/mol. The summed E-state index contributed by atoms with van der Waals surface area (Å²) in [6.45, 7) is 3.23. The number of aryl methyl sites for hydroxylation is 1. The van der Waals surface area contributed by atoms with Gasteiger partial charge in [0.25, 0.3) is 0 Å². The molecule has 4 rings (SSSR count). The third-order valence-corrected chi connectivity index (χ3v) is 5.25. The summed E-state index contributed by atoms with van der Waals surface area (Å²) in [4.78, 5) is 8.31. The van der Waals surface area contributed by atoms with Gasteiger partial charge in [-0.2, -0.15) is 0 Å². The summed E-state index contributed by atoms with van der Waals surface area (Å²) in [5.74, 6) is -0.864. The van der Waals surface area contributed by atoms with Crippen molar-refractivity contribution in [2.75, 3.05) is 11.4 Å². The molecule has 0 bridgehead atoms. The lowest BCUT2D eigenvalue weighted by molar-refractivity contribution is 0.221. The highest BCUT2D eigenvalue weighted by Gasteiger charge is 2.29. The van der Waals surface area contributed by atoms with Crippen molar-refractivity contribution in [2.24, 2.45) is 5.41 Å². The Morgan fingerprint density at radius 1 is 1.21 bits per heavy atom. The maximum Gasteiger partial charge on any atom is 0.227 e. The van der Waals surface area contributed by atoms with E-state index in [1.807, 2.05) is 49.2 Å². The van der Waals surface area contributed by atoms with E-state index in [4.69, 9.17) is 14.0 Å². The van der Waals surface area contributed by atoms with E-state index in [9.17, 15) is 0 Å². The van der Waals surface area contributed by atoms with Gasteiger partial charge in [-0.05, 0) is 42.9 Å². The third kappa shape index (κ3) is 3.15. The average Bonchev–Trinajstić information content (AvgIpc) is 3.25. The number of hydrogen-bond acceptors (Lipinski definition) is 4. The van der Waals surface area contributed by atoms with Crippen LogP contribution in [0.25, 0.3) is 22.1 Å². The van der Waals surface area contributed by atoms with Gasteiger partial charge in [0.05, 0.1) is 5.69 Å². The SMILES string of the molecule is [2H]C(C)(C)c1ccc2c(n1)oc1c(N3C=CN(CC(C)(C([2H])([2H])[2H])C([2H])([2H])[2H])[C@@H]3C)c(C)ccc12. The second kappa shape index (κ2) is 6.54. The minimum Gasteiger partial charge on any atom is -0.435 e. The molecule has 1 atom stereocenters. The summed E-state index contributed by atoms with van der Waals surface area (Å²) in [6.07, 6.45) is 3.22. The highest BCUT2D eigenvalue weighted by atomic mass is 16.3. The van der Waals surface area contributed by atoms with Crippen molar-refractivity contribution in [1.82, 2.24) is 9.88 Å². The lowest BCUT2D eigenvalue weighted by atomic mass is 9.96. The molecule has 0 saturated heterocycles. The molecule has 0 amide bonds. The Kier molecular flexibility index (Phi) is 2.84. The molecule has 2 aromatic heterocycles. The number of fused-ring (bicyclic) bond motifs is 3. The summed E-state index contributed by atoms with van der Waals surface area (Å²) < 4.78 is 62.1. The number of benzene rings is 1. The predicted octanol–water partition coefficient (Wildman–Crippen LogP) is 6.40. The zero-order chi connectivity index (χ0) is 26.1. The zero-order valence-corrected chi connectivity index (χ0v) is 17.0. The Bertz CT molecular complexity index is 1290. The number of hydrogen-bond donors (Lipinski definition) is 0. The molecule has 1 aromatic carbocycles. The van der Waals surface area contributed by atoms with Gasteiger partial charge in [-0.15, -0.1) is 0 Å². The summed E-state index contributed by atoms with van der Waals surface area (Å²) in [5, 5.41) is 1.73. The monoisotopic (exact) mass is 384 g/mol. The van der Waals surface area contributed by atoms with Gasteiger partial charge in [0.1, 0.15) is 6.17 Å². The lowest BCUT2D eigenvalue weighted by Gasteiger charge is -2.34. The number of pyridine rings is 1. The summed E-state index contributed by atoms with van der Waals surface area (Å²) >= 11 is 0. The molecule has 0 N–H and O–H groups in total. The van der Waals surface area contributed by atoms with Crippen LogP contribution in [-0.4, -0.2) is 22.6 Å². The van der Waals surface area contributed by atoms with Gasteiger partial charge in [-0.25, -0.2) is 4.98 Å². The van der Waals surface area contributed by atoms with Gasteiger partial charge in [-0.1, -0.05) is 46.6 Å². The summed E-state index contributed by atoms with van der Waals surface area (Å²) in [5.41, 5.74) is 1.55.